The molecule has 3 unspecified atom stereocenters. The number of rotatable bonds is 6. The van der Waals surface area contributed by atoms with Gasteiger partial charge in [0.2, 0.25) is 0 Å². The van der Waals surface area contributed by atoms with Gasteiger partial charge in [-0.3, -0.25) is 4.79 Å². The fourth-order valence-electron chi connectivity index (χ4n) is 2.81. The van der Waals surface area contributed by atoms with Gasteiger partial charge in [0.1, 0.15) is 5.75 Å². The molecule has 1 rings (SSSR count). The Bertz CT molecular complexity index is 393. The predicted molar refractivity (Wildman–Crippen MR) is 74.7 cm³/mol. The highest BCUT2D eigenvalue weighted by atomic mass is 32.2. The Labute approximate surface area is 116 Å². The summed E-state index contributed by atoms with van der Waals surface area (Å²) in [6.45, 7) is 4.80. The molecule has 3 atom stereocenters. The van der Waals surface area contributed by atoms with Crippen LogP contribution in [0.15, 0.2) is 0 Å². The number of nitrogens with one attached hydrogen (secondary N) is 1. The quantitative estimate of drug-likeness (QED) is 0.743. The first kappa shape index (κ1) is 16.4. The molecule has 112 valence electrons. The zero-order valence-corrected chi connectivity index (χ0v) is 12.8. The minimum Gasteiger partial charge on any atom is -0.468 e. The van der Waals surface area contributed by atoms with E-state index in [-0.39, 0.29) is 6.04 Å². The Balaban J connectivity index is 2.85. The maximum absolute atomic E-state index is 12.4. The van der Waals surface area contributed by atoms with E-state index in [0.717, 1.165) is 25.8 Å². The van der Waals surface area contributed by atoms with E-state index in [1.807, 2.05) is 6.92 Å². The van der Waals surface area contributed by atoms with Crippen molar-refractivity contribution in [3.05, 3.63) is 0 Å². The second-order valence-electron chi connectivity index (χ2n) is 5.17. The summed E-state index contributed by atoms with van der Waals surface area (Å²) in [5.41, 5.74) is 0. The predicted octanol–water partition coefficient (Wildman–Crippen LogP) is 1.13. The van der Waals surface area contributed by atoms with E-state index < -0.39 is 26.8 Å². The van der Waals surface area contributed by atoms with Crippen LogP contribution >= 0.6 is 0 Å². The third-order valence-corrected chi connectivity index (χ3v) is 6.03. The Hall–Kier alpha value is -0.620. The molecule has 0 amide bonds. The van der Waals surface area contributed by atoms with Crippen molar-refractivity contribution in [1.29, 1.82) is 0 Å². The average Bonchev–Trinajstić information content (AvgIpc) is 2.38. The lowest BCUT2D eigenvalue weighted by atomic mass is 9.84. The molecule has 0 spiro atoms. The van der Waals surface area contributed by atoms with Crippen molar-refractivity contribution in [3.8, 4) is 0 Å². The van der Waals surface area contributed by atoms with Crippen LogP contribution in [0.3, 0.4) is 0 Å². The van der Waals surface area contributed by atoms with E-state index in [2.05, 4.69) is 17.0 Å². The second-order valence-corrected chi connectivity index (χ2v) is 7.39. The van der Waals surface area contributed by atoms with Crippen LogP contribution in [0.25, 0.3) is 0 Å². The molecule has 0 aliphatic heterocycles. The van der Waals surface area contributed by atoms with Gasteiger partial charge in [0.15, 0.2) is 9.84 Å². The topological polar surface area (TPSA) is 72.5 Å². The summed E-state index contributed by atoms with van der Waals surface area (Å²) >= 11 is 0. The van der Waals surface area contributed by atoms with Gasteiger partial charge in [-0.15, -0.1) is 0 Å². The van der Waals surface area contributed by atoms with Crippen LogP contribution in [0.2, 0.25) is 0 Å². The molecule has 0 bridgehead atoms. The largest absolute Gasteiger partial charge is 0.468 e. The monoisotopic (exact) mass is 291 g/mol. The summed E-state index contributed by atoms with van der Waals surface area (Å²) in [4.78, 5) is 11.3. The number of methoxy groups -OCH3 is 1. The first-order valence-corrected chi connectivity index (χ1v) is 8.67. The number of sulfone groups is 1. The van der Waals surface area contributed by atoms with Gasteiger partial charge >= 0.3 is 5.97 Å². The normalized spacial score (nSPS) is 28.1. The van der Waals surface area contributed by atoms with Crippen molar-refractivity contribution in [2.45, 2.75) is 50.8 Å². The summed E-state index contributed by atoms with van der Waals surface area (Å²) in [5, 5.41) is 2.78. The van der Waals surface area contributed by atoms with Gasteiger partial charge in [-0.1, -0.05) is 20.3 Å². The third-order valence-electron chi connectivity index (χ3n) is 3.95. The van der Waals surface area contributed by atoms with Crippen LogP contribution in [-0.4, -0.2) is 45.1 Å². The van der Waals surface area contributed by atoms with Crippen molar-refractivity contribution >= 4 is 15.8 Å². The number of hydrogen-bond donors (Lipinski definition) is 1. The Morgan fingerprint density at radius 2 is 2.00 bits per heavy atom. The van der Waals surface area contributed by atoms with Crippen molar-refractivity contribution in [3.63, 3.8) is 0 Å². The number of carbonyl (C=O) groups is 1. The molecule has 19 heavy (non-hydrogen) atoms. The average molecular weight is 291 g/mol. The molecule has 0 aromatic rings. The lowest BCUT2D eigenvalue weighted by Crippen LogP contribution is -2.49. The highest BCUT2D eigenvalue weighted by Crippen LogP contribution is 2.31. The summed E-state index contributed by atoms with van der Waals surface area (Å²) in [5.74, 6) is -0.742. The lowest BCUT2D eigenvalue weighted by molar-refractivity contribution is -0.137. The summed E-state index contributed by atoms with van der Waals surface area (Å²) in [6.07, 6.45) is 3.55. The molecule has 1 fully saturated rings. The minimum atomic E-state index is -3.45. The number of hydrogen-bond acceptors (Lipinski definition) is 5. The molecule has 0 aromatic heterocycles. The fraction of sp³-hybridized carbons (Fsp3) is 0.923. The van der Waals surface area contributed by atoms with Gasteiger partial charge in [-0.25, -0.2) is 8.42 Å². The van der Waals surface area contributed by atoms with Gasteiger partial charge in [0.25, 0.3) is 0 Å². The molecule has 5 nitrogen and oxygen atoms in total. The van der Waals surface area contributed by atoms with E-state index in [9.17, 15) is 13.2 Å². The first-order chi connectivity index (χ1) is 8.94. The van der Waals surface area contributed by atoms with Crippen molar-refractivity contribution in [1.82, 2.24) is 5.32 Å². The fourth-order valence-corrected chi connectivity index (χ4v) is 4.76. The maximum atomic E-state index is 12.4. The molecule has 0 saturated heterocycles. The van der Waals surface area contributed by atoms with Crippen LogP contribution in [0.4, 0.5) is 0 Å². The smallest absolute Gasteiger partial charge is 0.320 e. The van der Waals surface area contributed by atoms with E-state index in [1.165, 1.54) is 7.11 Å². The first-order valence-electron chi connectivity index (χ1n) is 6.96. The lowest BCUT2D eigenvalue weighted by Gasteiger charge is -2.35. The molecule has 1 aliphatic rings. The second kappa shape index (κ2) is 7.24. The van der Waals surface area contributed by atoms with E-state index in [4.69, 9.17) is 0 Å². The zero-order valence-electron chi connectivity index (χ0n) is 12.0. The SMILES string of the molecule is CCNC1CCC(CC)CC1S(=O)(=O)CC(=O)OC. The maximum Gasteiger partial charge on any atom is 0.320 e. The van der Waals surface area contributed by atoms with E-state index >= 15 is 0 Å². The molecule has 6 heteroatoms. The summed E-state index contributed by atoms with van der Waals surface area (Å²) in [7, 11) is -2.23. The third kappa shape index (κ3) is 4.45. The van der Waals surface area contributed by atoms with Crippen LogP contribution < -0.4 is 5.32 Å². The number of esters is 1. The Morgan fingerprint density at radius 1 is 1.32 bits per heavy atom. The number of carbonyl (C=O) groups excluding carboxylic acids is 1. The molecule has 1 N–H and O–H groups in total. The highest BCUT2D eigenvalue weighted by molar-refractivity contribution is 7.92. The van der Waals surface area contributed by atoms with E-state index in [0.29, 0.717) is 12.3 Å². The molecular weight excluding hydrogens is 266 g/mol. The van der Waals surface area contributed by atoms with Crippen LogP contribution in [0.5, 0.6) is 0 Å². The summed E-state index contributed by atoms with van der Waals surface area (Å²) in [6, 6.07) is -0.0394. The van der Waals surface area contributed by atoms with Crippen molar-refractivity contribution < 1.29 is 17.9 Å². The molecule has 0 radical (unpaired) electrons. The van der Waals surface area contributed by atoms with Gasteiger partial charge in [0, 0.05) is 6.04 Å². The number of ether oxygens (including phenoxy) is 1. The Kier molecular flexibility index (Phi) is 6.26. The standard InChI is InChI=1S/C13H25NO4S/c1-4-10-6-7-11(14-5-2)12(8-10)19(16,17)9-13(15)18-3/h10-12,14H,4-9H2,1-3H3. The van der Waals surface area contributed by atoms with Gasteiger partial charge in [-0.2, -0.15) is 0 Å². The van der Waals surface area contributed by atoms with Crippen LogP contribution in [0.1, 0.15) is 39.5 Å². The zero-order chi connectivity index (χ0) is 14.5. The summed E-state index contributed by atoms with van der Waals surface area (Å²) < 4.78 is 29.2. The Morgan fingerprint density at radius 3 is 2.53 bits per heavy atom. The minimum absolute atomic E-state index is 0.0394. The van der Waals surface area contributed by atoms with Gasteiger partial charge in [0.05, 0.1) is 12.4 Å². The van der Waals surface area contributed by atoms with Crippen LogP contribution in [-0.2, 0) is 19.4 Å². The molecular formula is C13H25NO4S. The molecule has 1 aliphatic carbocycles. The molecule has 0 aromatic carbocycles. The van der Waals surface area contributed by atoms with Crippen molar-refractivity contribution in [2.75, 3.05) is 19.4 Å². The molecule has 1 saturated carbocycles. The molecule has 0 heterocycles. The van der Waals surface area contributed by atoms with Crippen molar-refractivity contribution in [2.24, 2.45) is 5.92 Å². The van der Waals surface area contributed by atoms with Gasteiger partial charge in [-0.05, 0) is 31.7 Å². The van der Waals surface area contributed by atoms with E-state index in [1.54, 1.807) is 0 Å². The highest BCUT2D eigenvalue weighted by Gasteiger charge is 2.39. The van der Waals surface area contributed by atoms with Gasteiger partial charge < -0.3 is 10.1 Å². The van der Waals surface area contributed by atoms with Crippen LogP contribution in [0, 0.1) is 5.92 Å².